The van der Waals surface area contributed by atoms with Gasteiger partial charge in [0, 0.05) is 29.1 Å². The molecule has 1 aromatic heterocycles. The largest absolute Gasteiger partial charge is 0.382 e. The first-order chi connectivity index (χ1) is 8.79. The van der Waals surface area contributed by atoms with E-state index in [0.717, 1.165) is 26.0 Å². The highest BCUT2D eigenvalue weighted by molar-refractivity contribution is 9.10. The normalized spacial score (nSPS) is 12.8. The maximum atomic E-state index is 5.55. The fourth-order valence-electron chi connectivity index (χ4n) is 1.64. The number of halogens is 1. The summed E-state index contributed by atoms with van der Waals surface area (Å²) < 4.78 is 11.7. The van der Waals surface area contributed by atoms with Crippen LogP contribution >= 0.6 is 27.3 Å². The van der Waals surface area contributed by atoms with E-state index in [9.17, 15) is 0 Å². The zero-order valence-electron chi connectivity index (χ0n) is 11.1. The zero-order chi connectivity index (χ0) is 13.2. The lowest BCUT2D eigenvalue weighted by Crippen LogP contribution is -2.23. The second-order valence-corrected chi connectivity index (χ2v) is 5.84. The molecule has 0 aliphatic carbocycles. The van der Waals surface area contributed by atoms with Gasteiger partial charge < -0.3 is 14.8 Å². The predicted octanol–water partition coefficient (Wildman–Crippen LogP) is 3.60. The molecule has 0 aromatic carbocycles. The Morgan fingerprint density at radius 2 is 2.22 bits per heavy atom. The third-order valence-electron chi connectivity index (χ3n) is 2.58. The zero-order valence-corrected chi connectivity index (χ0v) is 13.5. The van der Waals surface area contributed by atoms with Gasteiger partial charge in [0.05, 0.1) is 13.2 Å². The summed E-state index contributed by atoms with van der Waals surface area (Å²) in [6.07, 6.45) is 2.13. The van der Waals surface area contributed by atoms with E-state index in [2.05, 4.69) is 39.6 Å². The highest BCUT2D eigenvalue weighted by Gasteiger charge is 2.14. The van der Waals surface area contributed by atoms with Crippen LogP contribution < -0.4 is 5.32 Å². The molecule has 0 saturated carbocycles. The van der Waals surface area contributed by atoms with Crippen LogP contribution in [0.3, 0.4) is 0 Å². The molecule has 1 atom stereocenters. The molecule has 0 radical (unpaired) electrons. The molecule has 0 amide bonds. The summed E-state index contributed by atoms with van der Waals surface area (Å²) in [6, 6.07) is 2.48. The van der Waals surface area contributed by atoms with Crippen molar-refractivity contribution in [3.05, 3.63) is 20.8 Å². The second kappa shape index (κ2) is 9.92. The first-order valence-electron chi connectivity index (χ1n) is 6.32. The van der Waals surface area contributed by atoms with Crippen molar-refractivity contribution < 1.29 is 9.47 Å². The van der Waals surface area contributed by atoms with Crippen molar-refractivity contribution in [1.29, 1.82) is 0 Å². The van der Waals surface area contributed by atoms with Crippen molar-refractivity contribution in [2.75, 3.05) is 33.5 Å². The minimum Gasteiger partial charge on any atom is -0.382 e. The molecule has 1 aromatic rings. The molecule has 1 heterocycles. The number of rotatable bonds is 10. The summed E-state index contributed by atoms with van der Waals surface area (Å²) in [5, 5.41) is 5.69. The molecule has 1 N–H and O–H groups in total. The number of thiophene rings is 1. The Balaban J connectivity index is 2.39. The lowest BCUT2D eigenvalue weighted by Gasteiger charge is -2.18. The molecular weight excluding hydrogens is 314 g/mol. The topological polar surface area (TPSA) is 30.5 Å². The Labute approximate surface area is 122 Å². The first kappa shape index (κ1) is 16.1. The van der Waals surface area contributed by atoms with E-state index in [1.54, 1.807) is 18.4 Å². The fraction of sp³-hybridized carbons (Fsp3) is 0.692. The van der Waals surface area contributed by atoms with E-state index in [1.807, 2.05) is 0 Å². The van der Waals surface area contributed by atoms with Crippen LogP contribution in [0.15, 0.2) is 15.9 Å². The lowest BCUT2D eigenvalue weighted by atomic mass is 10.1. The number of hydrogen-bond acceptors (Lipinski definition) is 4. The molecule has 0 aliphatic heterocycles. The Morgan fingerprint density at radius 1 is 1.39 bits per heavy atom. The van der Waals surface area contributed by atoms with Gasteiger partial charge in [-0.2, -0.15) is 0 Å². The van der Waals surface area contributed by atoms with Gasteiger partial charge in [0.25, 0.3) is 0 Å². The van der Waals surface area contributed by atoms with Gasteiger partial charge in [0.2, 0.25) is 0 Å². The van der Waals surface area contributed by atoms with Gasteiger partial charge in [0.1, 0.15) is 0 Å². The summed E-state index contributed by atoms with van der Waals surface area (Å²) in [5.74, 6) is 0. The quantitative estimate of drug-likeness (QED) is 0.662. The molecule has 0 bridgehead atoms. The summed E-state index contributed by atoms with van der Waals surface area (Å²) >= 11 is 5.39. The number of nitrogens with one attached hydrogen (secondary N) is 1. The van der Waals surface area contributed by atoms with Crippen molar-refractivity contribution in [3.8, 4) is 0 Å². The van der Waals surface area contributed by atoms with Gasteiger partial charge in [-0.05, 0) is 46.8 Å². The Hall–Kier alpha value is 0.0600. The van der Waals surface area contributed by atoms with Gasteiger partial charge in [-0.1, -0.05) is 6.92 Å². The Bertz CT molecular complexity index is 320. The Morgan fingerprint density at radius 3 is 2.83 bits per heavy atom. The molecule has 3 nitrogen and oxygen atoms in total. The maximum absolute atomic E-state index is 5.55. The fourth-order valence-corrected chi connectivity index (χ4v) is 3.40. The average molecular weight is 336 g/mol. The smallest absolute Gasteiger partial charge is 0.0700 e. The highest BCUT2D eigenvalue weighted by atomic mass is 79.9. The Kier molecular flexibility index (Phi) is 8.88. The van der Waals surface area contributed by atoms with E-state index >= 15 is 0 Å². The van der Waals surface area contributed by atoms with Crippen molar-refractivity contribution in [2.24, 2.45) is 0 Å². The molecule has 104 valence electrons. The van der Waals surface area contributed by atoms with Gasteiger partial charge >= 0.3 is 0 Å². The minimum absolute atomic E-state index is 0.377. The van der Waals surface area contributed by atoms with E-state index in [-0.39, 0.29) is 0 Å². The summed E-state index contributed by atoms with van der Waals surface area (Å²) in [5.41, 5.74) is 0. The first-order valence-corrected chi connectivity index (χ1v) is 7.99. The SMILES string of the molecule is CCCNC(CCOCCOC)c1sccc1Br. The van der Waals surface area contributed by atoms with Gasteiger partial charge in [0.15, 0.2) is 0 Å². The van der Waals surface area contributed by atoms with Gasteiger partial charge in [-0.3, -0.25) is 0 Å². The van der Waals surface area contributed by atoms with E-state index in [4.69, 9.17) is 9.47 Å². The van der Waals surface area contributed by atoms with E-state index in [1.165, 1.54) is 9.35 Å². The highest BCUT2D eigenvalue weighted by Crippen LogP contribution is 2.30. The third kappa shape index (κ3) is 5.80. The second-order valence-electron chi connectivity index (χ2n) is 4.03. The minimum atomic E-state index is 0.377. The molecule has 0 saturated heterocycles. The van der Waals surface area contributed by atoms with Crippen molar-refractivity contribution >= 4 is 27.3 Å². The molecule has 18 heavy (non-hydrogen) atoms. The van der Waals surface area contributed by atoms with Crippen LogP contribution in [-0.2, 0) is 9.47 Å². The maximum Gasteiger partial charge on any atom is 0.0700 e. The van der Waals surface area contributed by atoms with E-state index < -0.39 is 0 Å². The molecule has 5 heteroatoms. The monoisotopic (exact) mass is 335 g/mol. The van der Waals surface area contributed by atoms with Crippen LogP contribution in [0, 0.1) is 0 Å². The third-order valence-corrected chi connectivity index (χ3v) is 4.57. The van der Waals surface area contributed by atoms with Crippen LogP contribution in [0.5, 0.6) is 0 Å². The average Bonchev–Trinajstić information content (AvgIpc) is 2.79. The summed E-state index contributed by atoms with van der Waals surface area (Å²) in [6.45, 7) is 5.31. The van der Waals surface area contributed by atoms with Crippen LogP contribution in [0.2, 0.25) is 0 Å². The van der Waals surface area contributed by atoms with Crippen LogP contribution in [-0.4, -0.2) is 33.5 Å². The molecule has 0 spiro atoms. The molecule has 1 rings (SSSR count). The number of ether oxygens (including phenoxy) is 2. The van der Waals surface area contributed by atoms with Crippen LogP contribution in [0.4, 0.5) is 0 Å². The molecule has 0 aliphatic rings. The number of methoxy groups -OCH3 is 1. The lowest BCUT2D eigenvalue weighted by molar-refractivity contribution is 0.0659. The number of hydrogen-bond donors (Lipinski definition) is 1. The van der Waals surface area contributed by atoms with Crippen LogP contribution in [0.1, 0.15) is 30.7 Å². The van der Waals surface area contributed by atoms with Crippen molar-refractivity contribution in [1.82, 2.24) is 5.32 Å². The van der Waals surface area contributed by atoms with Gasteiger partial charge in [-0.25, -0.2) is 0 Å². The summed E-state index contributed by atoms with van der Waals surface area (Å²) in [4.78, 5) is 1.36. The predicted molar refractivity (Wildman–Crippen MR) is 80.4 cm³/mol. The molecule has 1 unspecified atom stereocenters. The van der Waals surface area contributed by atoms with Crippen LogP contribution in [0.25, 0.3) is 0 Å². The molecular formula is C13H22BrNO2S. The van der Waals surface area contributed by atoms with Crippen molar-refractivity contribution in [2.45, 2.75) is 25.8 Å². The van der Waals surface area contributed by atoms with Gasteiger partial charge in [-0.15, -0.1) is 11.3 Å². The summed E-state index contributed by atoms with van der Waals surface area (Å²) in [7, 11) is 1.69. The van der Waals surface area contributed by atoms with E-state index in [0.29, 0.717) is 19.3 Å². The van der Waals surface area contributed by atoms with Crippen molar-refractivity contribution in [3.63, 3.8) is 0 Å². The molecule has 0 fully saturated rings. The standard InChI is InChI=1S/C13H22BrNO2S/c1-3-6-15-12(4-7-17-9-8-16-2)13-11(14)5-10-18-13/h5,10,12,15H,3-4,6-9H2,1-2H3.